The minimum Gasteiger partial charge on any atom is -0.358 e. The first-order valence-corrected chi connectivity index (χ1v) is 9.29. The summed E-state index contributed by atoms with van der Waals surface area (Å²) in [5, 5.41) is 1.05. The summed E-state index contributed by atoms with van der Waals surface area (Å²) in [6.45, 7) is 2.01. The topological polar surface area (TPSA) is 45.2 Å². The van der Waals surface area contributed by atoms with E-state index in [2.05, 4.69) is 11.1 Å². The van der Waals surface area contributed by atoms with E-state index in [0.29, 0.717) is 11.1 Å². The molecular weight excluding hydrogens is 344 g/mol. The third-order valence-electron chi connectivity index (χ3n) is 5.14. The summed E-state index contributed by atoms with van der Waals surface area (Å²) in [7, 11) is 0. The Kier molecular flexibility index (Phi) is 3.80. The van der Waals surface area contributed by atoms with E-state index in [1.165, 1.54) is 0 Å². The number of nitrogens with zero attached hydrogens (tertiary/aromatic N) is 1. The third kappa shape index (κ3) is 2.60. The van der Waals surface area contributed by atoms with Gasteiger partial charge in [0.2, 0.25) is 0 Å². The predicted molar refractivity (Wildman–Crippen MR) is 114 cm³/mol. The first-order valence-electron chi connectivity index (χ1n) is 9.29. The fraction of sp³-hybridized carbons (Fsp3) is 0.0400. The number of allylic oxidation sites excluding steroid dienone is 2. The van der Waals surface area contributed by atoms with Gasteiger partial charge in [0.15, 0.2) is 5.78 Å². The van der Waals surface area contributed by atoms with E-state index in [0.717, 1.165) is 39.1 Å². The molecule has 0 spiro atoms. The van der Waals surface area contributed by atoms with Crippen molar-refractivity contribution in [2.45, 2.75) is 6.92 Å². The van der Waals surface area contributed by atoms with Crippen LogP contribution in [0.15, 0.2) is 89.9 Å². The second-order valence-electron chi connectivity index (χ2n) is 6.94. The molecule has 1 heterocycles. The Bertz CT molecular complexity index is 1280. The number of hydrogen-bond donors (Lipinski definition) is 1. The number of Topliss-reactive ketones (excluding diaryl/α,β-unsaturated/α-hetero) is 1. The van der Waals surface area contributed by atoms with Crippen molar-refractivity contribution in [1.82, 2.24) is 4.98 Å². The summed E-state index contributed by atoms with van der Waals surface area (Å²) in [6.07, 6.45) is 1.93. The van der Waals surface area contributed by atoms with E-state index >= 15 is 0 Å². The number of aromatic nitrogens is 1. The molecule has 134 valence electrons. The van der Waals surface area contributed by atoms with Crippen LogP contribution < -0.4 is 0 Å². The monoisotopic (exact) mass is 362 g/mol. The van der Waals surface area contributed by atoms with Gasteiger partial charge in [-0.15, -0.1) is 0 Å². The average Bonchev–Trinajstić information content (AvgIpc) is 3.06. The molecule has 3 nitrogen and oxygen atoms in total. The van der Waals surface area contributed by atoms with Gasteiger partial charge in [-0.2, -0.15) is 0 Å². The van der Waals surface area contributed by atoms with Crippen molar-refractivity contribution in [3.8, 4) is 0 Å². The number of ketones is 1. The number of nitrogens with one attached hydrogen (secondary N) is 1. The molecule has 0 saturated carbocycles. The summed E-state index contributed by atoms with van der Waals surface area (Å²) >= 11 is 0. The summed E-state index contributed by atoms with van der Waals surface area (Å²) in [6, 6.07) is 25.6. The normalized spacial score (nSPS) is 15.0. The summed E-state index contributed by atoms with van der Waals surface area (Å²) in [4.78, 5) is 21.6. The van der Waals surface area contributed by atoms with Crippen LogP contribution in [0, 0.1) is 6.92 Å². The molecule has 4 aromatic rings. The maximum absolute atomic E-state index is 13.4. The molecular formula is C25H18N2O. The van der Waals surface area contributed by atoms with Gasteiger partial charge in [0.25, 0.3) is 0 Å². The molecule has 1 aliphatic rings. The zero-order valence-electron chi connectivity index (χ0n) is 15.4. The highest BCUT2D eigenvalue weighted by atomic mass is 16.1. The molecule has 0 aliphatic heterocycles. The number of H-pyrrole nitrogens is 1. The lowest BCUT2D eigenvalue weighted by Crippen LogP contribution is -2.17. The van der Waals surface area contributed by atoms with Crippen LogP contribution in [0.3, 0.4) is 0 Å². The van der Waals surface area contributed by atoms with Gasteiger partial charge < -0.3 is 4.98 Å². The fourth-order valence-electron chi connectivity index (χ4n) is 3.87. The molecule has 0 bridgehead atoms. The number of fused-ring (bicyclic) bond motifs is 2. The van der Waals surface area contributed by atoms with E-state index < -0.39 is 0 Å². The van der Waals surface area contributed by atoms with Crippen molar-refractivity contribution in [2.24, 2.45) is 4.99 Å². The Hall–Kier alpha value is -3.72. The van der Waals surface area contributed by atoms with Crippen LogP contribution in [0.1, 0.15) is 27.2 Å². The molecule has 28 heavy (non-hydrogen) atoms. The standard InChI is InChI=1S/C25H18N2O/c1-16-24(20-13-7-8-14-22(20)26-16)21-15-23(27-17-9-3-2-4-10-17)18-11-5-6-12-19(18)25(21)28/h2-15,26H,1H3. The van der Waals surface area contributed by atoms with Gasteiger partial charge in [0.1, 0.15) is 0 Å². The minimum atomic E-state index is 0.0375. The predicted octanol–water partition coefficient (Wildman–Crippen LogP) is 5.88. The summed E-state index contributed by atoms with van der Waals surface area (Å²) in [5.74, 6) is 0.0375. The second-order valence-corrected chi connectivity index (χ2v) is 6.94. The smallest absolute Gasteiger partial charge is 0.194 e. The fourth-order valence-corrected chi connectivity index (χ4v) is 3.87. The van der Waals surface area contributed by atoms with Crippen LogP contribution in [-0.2, 0) is 0 Å². The van der Waals surface area contributed by atoms with Crippen LogP contribution >= 0.6 is 0 Å². The van der Waals surface area contributed by atoms with Gasteiger partial charge in [0, 0.05) is 38.9 Å². The van der Waals surface area contributed by atoms with Gasteiger partial charge in [0.05, 0.1) is 11.4 Å². The maximum atomic E-state index is 13.4. The molecule has 0 fully saturated rings. The van der Waals surface area contributed by atoms with Gasteiger partial charge in [-0.1, -0.05) is 60.7 Å². The van der Waals surface area contributed by atoms with E-state index in [4.69, 9.17) is 4.99 Å². The Morgan fingerprint density at radius 1 is 0.786 bits per heavy atom. The highest BCUT2D eigenvalue weighted by molar-refractivity contribution is 6.41. The zero-order chi connectivity index (χ0) is 19.1. The largest absolute Gasteiger partial charge is 0.358 e. The van der Waals surface area contributed by atoms with Gasteiger partial charge in [-0.25, -0.2) is 4.99 Å². The van der Waals surface area contributed by atoms with Gasteiger partial charge >= 0.3 is 0 Å². The molecule has 0 saturated heterocycles. The van der Waals surface area contributed by atoms with Crippen molar-refractivity contribution in [1.29, 1.82) is 0 Å². The lowest BCUT2D eigenvalue weighted by molar-refractivity contribution is 0.105. The lowest BCUT2D eigenvalue weighted by atomic mass is 9.85. The summed E-state index contributed by atoms with van der Waals surface area (Å²) in [5.41, 5.74) is 6.90. The molecule has 0 atom stereocenters. The van der Waals surface area contributed by atoms with Crippen LogP contribution in [0.5, 0.6) is 0 Å². The van der Waals surface area contributed by atoms with E-state index in [-0.39, 0.29) is 5.78 Å². The highest BCUT2D eigenvalue weighted by Gasteiger charge is 2.27. The van der Waals surface area contributed by atoms with Gasteiger partial charge in [-0.3, -0.25) is 4.79 Å². The highest BCUT2D eigenvalue weighted by Crippen LogP contribution is 2.35. The Morgan fingerprint density at radius 2 is 1.46 bits per heavy atom. The maximum Gasteiger partial charge on any atom is 0.194 e. The molecule has 3 aromatic carbocycles. The van der Waals surface area contributed by atoms with Gasteiger partial charge in [-0.05, 0) is 31.2 Å². The summed E-state index contributed by atoms with van der Waals surface area (Å²) < 4.78 is 0. The molecule has 1 N–H and O–H groups in total. The molecule has 5 rings (SSSR count). The number of benzene rings is 3. The number of rotatable bonds is 2. The quantitative estimate of drug-likeness (QED) is 0.476. The molecule has 0 amide bonds. The Labute approximate surface area is 163 Å². The number of para-hydroxylation sites is 2. The van der Waals surface area contributed by atoms with Crippen molar-refractivity contribution in [2.75, 3.05) is 0 Å². The average molecular weight is 362 g/mol. The molecule has 3 heteroatoms. The van der Waals surface area contributed by atoms with Crippen molar-refractivity contribution >= 4 is 33.7 Å². The number of aliphatic imine (C=N–C) groups is 1. The zero-order valence-corrected chi connectivity index (χ0v) is 15.4. The molecule has 0 unspecified atom stereocenters. The van der Waals surface area contributed by atoms with E-state index in [1.807, 2.05) is 85.8 Å². The first kappa shape index (κ1) is 16.5. The number of carbonyl (C=O) groups excluding carboxylic acids is 1. The SMILES string of the molecule is Cc1[nH]c2ccccc2c1C1=CC(=Nc2ccccc2)c2ccccc2C1=O. The second kappa shape index (κ2) is 6.46. The van der Waals surface area contributed by atoms with Crippen molar-refractivity contribution in [3.63, 3.8) is 0 Å². The number of aryl methyl sites for hydroxylation is 1. The lowest BCUT2D eigenvalue weighted by Gasteiger charge is -2.18. The van der Waals surface area contributed by atoms with Crippen LogP contribution in [0.2, 0.25) is 0 Å². The van der Waals surface area contributed by atoms with Crippen LogP contribution in [-0.4, -0.2) is 16.5 Å². The number of carbonyl (C=O) groups is 1. The van der Waals surface area contributed by atoms with E-state index in [1.54, 1.807) is 0 Å². The molecule has 1 aliphatic carbocycles. The molecule has 0 radical (unpaired) electrons. The molecule has 1 aromatic heterocycles. The number of aromatic amines is 1. The third-order valence-corrected chi connectivity index (χ3v) is 5.14. The first-order chi connectivity index (χ1) is 13.7. The Balaban J connectivity index is 1.77. The Morgan fingerprint density at radius 3 is 2.29 bits per heavy atom. The number of hydrogen-bond acceptors (Lipinski definition) is 2. The van der Waals surface area contributed by atoms with Crippen LogP contribution in [0.4, 0.5) is 5.69 Å². The van der Waals surface area contributed by atoms with Crippen molar-refractivity contribution in [3.05, 3.63) is 107 Å². The van der Waals surface area contributed by atoms with E-state index in [9.17, 15) is 4.79 Å². The minimum absolute atomic E-state index is 0.0375. The van der Waals surface area contributed by atoms with Crippen molar-refractivity contribution < 1.29 is 4.79 Å². The van der Waals surface area contributed by atoms with Crippen LogP contribution in [0.25, 0.3) is 16.5 Å².